The van der Waals surface area contributed by atoms with Gasteiger partial charge in [0.1, 0.15) is 0 Å². The van der Waals surface area contributed by atoms with Gasteiger partial charge in [0.25, 0.3) is 0 Å². The average Bonchev–Trinajstić information content (AvgIpc) is 2.86. The van der Waals surface area contributed by atoms with Crippen LogP contribution in [0, 0.1) is 11.8 Å². The first-order valence-corrected chi connectivity index (χ1v) is 5.87. The summed E-state index contributed by atoms with van der Waals surface area (Å²) in [7, 11) is 0. The van der Waals surface area contributed by atoms with Crippen LogP contribution in [0.4, 0.5) is 0 Å². The van der Waals surface area contributed by atoms with Crippen LogP contribution >= 0.6 is 0 Å². The molecule has 0 aromatic heterocycles. The zero-order valence-electron chi connectivity index (χ0n) is 9.29. The lowest BCUT2D eigenvalue weighted by molar-refractivity contribution is 0.613. The van der Waals surface area contributed by atoms with Crippen LogP contribution < -0.4 is 0 Å². The maximum atomic E-state index is 2.38. The summed E-state index contributed by atoms with van der Waals surface area (Å²) in [6.07, 6.45) is 14.3. The third-order valence-electron chi connectivity index (χ3n) is 3.57. The van der Waals surface area contributed by atoms with Crippen molar-refractivity contribution in [3.05, 3.63) is 35.5 Å². The third-order valence-corrected chi connectivity index (χ3v) is 3.57. The van der Waals surface area contributed by atoms with Crippen molar-refractivity contribution in [3.63, 3.8) is 0 Å². The van der Waals surface area contributed by atoms with E-state index in [-0.39, 0.29) is 0 Å². The first-order chi connectivity index (χ1) is 6.84. The highest BCUT2D eigenvalue weighted by atomic mass is 14.5. The van der Waals surface area contributed by atoms with Crippen molar-refractivity contribution in [3.8, 4) is 0 Å². The van der Waals surface area contributed by atoms with Gasteiger partial charge < -0.3 is 0 Å². The molecule has 0 aliphatic heterocycles. The Hall–Kier alpha value is -0.780. The second kappa shape index (κ2) is 4.16. The Morgan fingerprint density at radius 2 is 2.07 bits per heavy atom. The van der Waals surface area contributed by atoms with Gasteiger partial charge in [0, 0.05) is 0 Å². The van der Waals surface area contributed by atoms with Gasteiger partial charge in [-0.3, -0.25) is 0 Å². The van der Waals surface area contributed by atoms with Crippen molar-refractivity contribution >= 4 is 0 Å². The lowest BCUT2D eigenvalue weighted by atomic mass is 10.1. The molecule has 2 aliphatic carbocycles. The van der Waals surface area contributed by atoms with Crippen molar-refractivity contribution in [2.45, 2.75) is 39.5 Å². The summed E-state index contributed by atoms with van der Waals surface area (Å²) in [5, 5.41) is 0. The Morgan fingerprint density at radius 3 is 2.86 bits per heavy atom. The number of rotatable bonds is 2. The van der Waals surface area contributed by atoms with Crippen molar-refractivity contribution in [2.24, 2.45) is 11.8 Å². The fourth-order valence-electron chi connectivity index (χ4n) is 2.69. The van der Waals surface area contributed by atoms with Crippen molar-refractivity contribution in [2.75, 3.05) is 0 Å². The summed E-state index contributed by atoms with van der Waals surface area (Å²) < 4.78 is 0. The van der Waals surface area contributed by atoms with Crippen LogP contribution in [0.3, 0.4) is 0 Å². The minimum absolute atomic E-state index is 0.889. The van der Waals surface area contributed by atoms with Gasteiger partial charge in [-0.05, 0) is 43.6 Å². The molecular weight excluding hydrogens is 168 g/mol. The Kier molecular flexibility index (Phi) is 2.90. The lowest BCUT2D eigenvalue weighted by Crippen LogP contribution is -1.81. The summed E-state index contributed by atoms with van der Waals surface area (Å²) in [5.74, 6) is 1.84. The molecule has 0 spiro atoms. The van der Waals surface area contributed by atoms with Gasteiger partial charge in [0.15, 0.2) is 0 Å². The van der Waals surface area contributed by atoms with Gasteiger partial charge in [0.2, 0.25) is 0 Å². The molecule has 0 aromatic carbocycles. The molecule has 2 rings (SSSR count). The normalized spacial score (nSPS) is 32.4. The van der Waals surface area contributed by atoms with Gasteiger partial charge in [-0.2, -0.15) is 0 Å². The SMILES string of the molecule is CC=CC=CC1=C2C(C)C2CCCC1. The Balaban J connectivity index is 2.12. The topological polar surface area (TPSA) is 0 Å². The van der Waals surface area contributed by atoms with Gasteiger partial charge in [-0.15, -0.1) is 0 Å². The molecule has 0 radical (unpaired) electrons. The van der Waals surface area contributed by atoms with Crippen molar-refractivity contribution in [1.82, 2.24) is 0 Å². The Labute approximate surface area is 87.4 Å². The van der Waals surface area contributed by atoms with E-state index in [0.29, 0.717) is 0 Å². The zero-order valence-corrected chi connectivity index (χ0v) is 9.29. The molecule has 1 saturated carbocycles. The van der Waals surface area contributed by atoms with E-state index in [1.807, 2.05) is 0 Å². The molecule has 14 heavy (non-hydrogen) atoms. The van der Waals surface area contributed by atoms with E-state index >= 15 is 0 Å². The van der Waals surface area contributed by atoms with Gasteiger partial charge in [0.05, 0.1) is 0 Å². The molecule has 0 heterocycles. The van der Waals surface area contributed by atoms with E-state index in [4.69, 9.17) is 0 Å². The minimum atomic E-state index is 0.889. The summed E-state index contributed by atoms with van der Waals surface area (Å²) in [4.78, 5) is 0. The lowest BCUT2D eigenvalue weighted by Gasteiger charge is -1.99. The maximum absolute atomic E-state index is 2.38. The molecule has 0 N–H and O–H groups in total. The highest BCUT2D eigenvalue weighted by molar-refractivity contribution is 5.41. The number of allylic oxidation sites excluding steroid dienone is 6. The summed E-state index contributed by atoms with van der Waals surface area (Å²) in [5.41, 5.74) is 3.40. The monoisotopic (exact) mass is 188 g/mol. The van der Waals surface area contributed by atoms with E-state index < -0.39 is 0 Å². The molecule has 76 valence electrons. The Bertz CT molecular complexity index is 291. The highest BCUT2D eigenvalue weighted by Crippen LogP contribution is 2.53. The highest BCUT2D eigenvalue weighted by Gasteiger charge is 2.41. The summed E-state index contributed by atoms with van der Waals surface area (Å²) in [6, 6.07) is 0. The molecule has 0 aromatic rings. The molecular formula is C14H20. The molecule has 2 aliphatic rings. The minimum Gasteiger partial charge on any atom is -0.0877 e. The zero-order chi connectivity index (χ0) is 9.97. The van der Waals surface area contributed by atoms with Crippen molar-refractivity contribution in [1.29, 1.82) is 0 Å². The van der Waals surface area contributed by atoms with Crippen LogP contribution in [-0.2, 0) is 0 Å². The van der Waals surface area contributed by atoms with E-state index in [2.05, 4.69) is 38.2 Å². The molecule has 2 unspecified atom stereocenters. The molecule has 2 atom stereocenters. The van der Waals surface area contributed by atoms with E-state index in [9.17, 15) is 0 Å². The first-order valence-electron chi connectivity index (χ1n) is 5.87. The fraction of sp³-hybridized carbons (Fsp3) is 0.571. The molecule has 0 bridgehead atoms. The number of fused-ring (bicyclic) bond motifs is 1. The third kappa shape index (κ3) is 1.84. The fourth-order valence-corrected chi connectivity index (χ4v) is 2.69. The smallest absolute Gasteiger partial charge is 0.0131 e. The number of hydrogen-bond donors (Lipinski definition) is 0. The molecule has 0 heteroatoms. The largest absolute Gasteiger partial charge is 0.0877 e. The molecule has 0 saturated heterocycles. The molecule has 0 nitrogen and oxygen atoms in total. The first kappa shape index (κ1) is 9.76. The van der Waals surface area contributed by atoms with E-state index in [1.165, 1.54) is 25.7 Å². The van der Waals surface area contributed by atoms with Crippen LogP contribution in [0.5, 0.6) is 0 Å². The predicted molar refractivity (Wildman–Crippen MR) is 62.1 cm³/mol. The predicted octanol–water partition coefficient (Wildman–Crippen LogP) is 4.26. The van der Waals surface area contributed by atoms with Crippen LogP contribution in [0.25, 0.3) is 0 Å². The maximum Gasteiger partial charge on any atom is -0.0131 e. The van der Waals surface area contributed by atoms with Gasteiger partial charge in [-0.25, -0.2) is 0 Å². The standard InChI is InChI=1S/C14H20/c1-3-4-5-8-12-9-6-7-10-13-11(2)14(12)13/h3-5,8,11,13H,6-7,9-10H2,1-2H3. The van der Waals surface area contributed by atoms with E-state index in [0.717, 1.165) is 11.8 Å². The van der Waals surface area contributed by atoms with Crippen LogP contribution in [-0.4, -0.2) is 0 Å². The Morgan fingerprint density at radius 1 is 1.21 bits per heavy atom. The quantitative estimate of drug-likeness (QED) is 0.568. The summed E-state index contributed by atoms with van der Waals surface area (Å²) >= 11 is 0. The van der Waals surface area contributed by atoms with Gasteiger partial charge in [-0.1, -0.05) is 43.2 Å². The van der Waals surface area contributed by atoms with Crippen LogP contribution in [0.1, 0.15) is 39.5 Å². The average molecular weight is 188 g/mol. The van der Waals surface area contributed by atoms with E-state index in [1.54, 1.807) is 11.1 Å². The second-order valence-electron chi connectivity index (χ2n) is 4.51. The van der Waals surface area contributed by atoms with Gasteiger partial charge >= 0.3 is 0 Å². The molecule has 1 fully saturated rings. The van der Waals surface area contributed by atoms with Crippen LogP contribution in [0.2, 0.25) is 0 Å². The second-order valence-corrected chi connectivity index (χ2v) is 4.51. The van der Waals surface area contributed by atoms with Crippen molar-refractivity contribution < 1.29 is 0 Å². The van der Waals surface area contributed by atoms with Crippen LogP contribution in [0.15, 0.2) is 35.5 Å². The number of hydrogen-bond acceptors (Lipinski definition) is 0. The summed E-state index contributed by atoms with van der Waals surface area (Å²) in [6.45, 7) is 4.45. The molecule has 0 amide bonds.